The van der Waals surface area contributed by atoms with E-state index in [1.54, 1.807) is 0 Å². The molecule has 1 aliphatic carbocycles. The summed E-state index contributed by atoms with van der Waals surface area (Å²) in [5.41, 5.74) is 5.34. The predicted molar refractivity (Wildman–Crippen MR) is 86.7 cm³/mol. The van der Waals surface area contributed by atoms with Crippen LogP contribution in [0.4, 0.5) is 0 Å². The maximum atomic E-state index is 5.86. The van der Waals surface area contributed by atoms with Crippen molar-refractivity contribution in [1.82, 2.24) is 15.0 Å². The fourth-order valence-corrected chi connectivity index (χ4v) is 3.65. The topological polar surface area (TPSA) is 55.9 Å². The Morgan fingerprint density at radius 3 is 2.62 bits per heavy atom. The number of benzene rings is 1. The van der Waals surface area contributed by atoms with Gasteiger partial charge in [-0.25, -0.2) is 4.98 Å². The zero-order valence-electron chi connectivity index (χ0n) is 12.9. The van der Waals surface area contributed by atoms with Gasteiger partial charge in [0.05, 0.1) is 11.0 Å². The molecule has 21 heavy (non-hydrogen) atoms. The molecule has 0 spiro atoms. The van der Waals surface area contributed by atoms with Crippen LogP contribution in [0.15, 0.2) is 24.3 Å². The van der Waals surface area contributed by atoms with Crippen LogP contribution in [0.25, 0.3) is 11.0 Å². The summed E-state index contributed by atoms with van der Waals surface area (Å²) in [6, 6.07) is 8.65. The number of imidazole rings is 1. The first kappa shape index (κ1) is 14.5. The lowest BCUT2D eigenvalue weighted by atomic mass is 9.90. The zero-order valence-corrected chi connectivity index (χ0v) is 12.9. The molecule has 3 rings (SSSR count). The second-order valence-electron chi connectivity index (χ2n) is 6.30. The fourth-order valence-electron chi connectivity index (χ4n) is 3.65. The highest BCUT2D eigenvalue weighted by Crippen LogP contribution is 2.27. The van der Waals surface area contributed by atoms with E-state index >= 15 is 0 Å². The summed E-state index contributed by atoms with van der Waals surface area (Å²) in [7, 11) is 2.10. The van der Waals surface area contributed by atoms with Crippen molar-refractivity contribution in [2.75, 3.05) is 0 Å². The van der Waals surface area contributed by atoms with Gasteiger partial charge in [0, 0.05) is 19.5 Å². The Bertz CT molecular complexity index is 581. The minimum atomic E-state index is 0.332. The first-order valence-electron chi connectivity index (χ1n) is 8.16. The monoisotopic (exact) mass is 286 g/mol. The van der Waals surface area contributed by atoms with Crippen LogP contribution in [0.5, 0.6) is 0 Å². The van der Waals surface area contributed by atoms with E-state index in [0.717, 1.165) is 17.8 Å². The summed E-state index contributed by atoms with van der Waals surface area (Å²) in [6.07, 6.45) is 8.92. The van der Waals surface area contributed by atoms with Crippen LogP contribution in [0.2, 0.25) is 0 Å². The van der Waals surface area contributed by atoms with Gasteiger partial charge in [-0.05, 0) is 30.9 Å². The molecule has 0 aliphatic heterocycles. The van der Waals surface area contributed by atoms with Crippen LogP contribution in [-0.2, 0) is 13.5 Å². The van der Waals surface area contributed by atoms with E-state index < -0.39 is 0 Å². The first-order valence-corrected chi connectivity index (χ1v) is 8.16. The van der Waals surface area contributed by atoms with Crippen molar-refractivity contribution >= 4 is 11.0 Å². The molecule has 1 aromatic carbocycles. The lowest BCUT2D eigenvalue weighted by Crippen LogP contribution is -2.42. The van der Waals surface area contributed by atoms with Crippen molar-refractivity contribution in [2.24, 2.45) is 18.8 Å². The van der Waals surface area contributed by atoms with Gasteiger partial charge in [0.2, 0.25) is 0 Å². The van der Waals surface area contributed by atoms with Crippen LogP contribution in [0, 0.1) is 5.92 Å². The molecule has 0 bridgehead atoms. The summed E-state index contributed by atoms with van der Waals surface area (Å²) in [5.74, 6) is 7.67. The quantitative estimate of drug-likeness (QED) is 0.516. The molecule has 114 valence electrons. The minimum Gasteiger partial charge on any atom is -0.331 e. The summed E-state index contributed by atoms with van der Waals surface area (Å²) in [6.45, 7) is 0. The molecule has 4 heteroatoms. The second kappa shape index (κ2) is 6.58. The maximum absolute atomic E-state index is 5.86. The van der Waals surface area contributed by atoms with Gasteiger partial charge in [-0.15, -0.1) is 0 Å². The molecule has 1 atom stereocenters. The third-order valence-electron chi connectivity index (χ3n) is 4.97. The smallest absolute Gasteiger partial charge is 0.111 e. The van der Waals surface area contributed by atoms with Gasteiger partial charge in [0.25, 0.3) is 0 Å². The predicted octanol–water partition coefficient (Wildman–Crippen LogP) is 2.92. The number of nitrogens with one attached hydrogen (secondary N) is 1. The van der Waals surface area contributed by atoms with E-state index in [9.17, 15) is 0 Å². The number of para-hydroxylation sites is 2. The third-order valence-corrected chi connectivity index (χ3v) is 4.97. The van der Waals surface area contributed by atoms with Crippen LogP contribution < -0.4 is 11.3 Å². The van der Waals surface area contributed by atoms with Crippen molar-refractivity contribution < 1.29 is 0 Å². The van der Waals surface area contributed by atoms with E-state index in [1.807, 2.05) is 6.07 Å². The summed E-state index contributed by atoms with van der Waals surface area (Å²) >= 11 is 0. The van der Waals surface area contributed by atoms with Gasteiger partial charge >= 0.3 is 0 Å². The standard InChI is InChI=1S/C17H26N4/c1-21-16-11-7-6-10-14(16)19-17(21)12-15(20-18)13-8-4-2-3-5-9-13/h6-7,10-11,13,15,20H,2-5,8-9,12,18H2,1H3. The summed E-state index contributed by atoms with van der Waals surface area (Å²) in [4.78, 5) is 4.79. The minimum absolute atomic E-state index is 0.332. The number of nitrogens with two attached hydrogens (primary N) is 1. The molecule has 3 N–H and O–H groups in total. The highest BCUT2D eigenvalue weighted by molar-refractivity contribution is 5.75. The average molecular weight is 286 g/mol. The van der Waals surface area contributed by atoms with E-state index in [0.29, 0.717) is 12.0 Å². The molecule has 0 radical (unpaired) electrons. The molecular weight excluding hydrogens is 260 g/mol. The van der Waals surface area contributed by atoms with Crippen molar-refractivity contribution in [3.8, 4) is 0 Å². The number of fused-ring (bicyclic) bond motifs is 1. The molecule has 2 aromatic rings. The highest BCUT2D eigenvalue weighted by atomic mass is 15.2. The number of rotatable bonds is 4. The van der Waals surface area contributed by atoms with Gasteiger partial charge in [-0.2, -0.15) is 0 Å². The molecule has 0 amide bonds. The summed E-state index contributed by atoms with van der Waals surface area (Å²) in [5, 5.41) is 0. The van der Waals surface area contributed by atoms with E-state index in [1.165, 1.54) is 44.0 Å². The van der Waals surface area contributed by atoms with Gasteiger partial charge in [0.15, 0.2) is 0 Å². The Morgan fingerprint density at radius 1 is 1.24 bits per heavy atom. The maximum Gasteiger partial charge on any atom is 0.111 e. The molecule has 0 saturated heterocycles. The normalized spacial score (nSPS) is 18.8. The summed E-state index contributed by atoms with van der Waals surface area (Å²) < 4.78 is 2.20. The SMILES string of the molecule is Cn1c(CC(NN)C2CCCCCC2)nc2ccccc21. The van der Waals surface area contributed by atoms with Crippen LogP contribution in [0.3, 0.4) is 0 Å². The largest absolute Gasteiger partial charge is 0.331 e. The fraction of sp³-hybridized carbons (Fsp3) is 0.588. The molecule has 1 unspecified atom stereocenters. The molecule has 1 aliphatic rings. The lowest BCUT2D eigenvalue weighted by molar-refractivity contribution is 0.315. The molecule has 1 heterocycles. The molecular formula is C17H26N4. The number of aromatic nitrogens is 2. The van der Waals surface area contributed by atoms with Gasteiger partial charge < -0.3 is 4.57 Å². The van der Waals surface area contributed by atoms with Gasteiger partial charge in [-0.1, -0.05) is 37.8 Å². The van der Waals surface area contributed by atoms with Crippen molar-refractivity contribution in [3.05, 3.63) is 30.1 Å². The van der Waals surface area contributed by atoms with Crippen molar-refractivity contribution in [3.63, 3.8) is 0 Å². The van der Waals surface area contributed by atoms with E-state index in [-0.39, 0.29) is 0 Å². The van der Waals surface area contributed by atoms with Gasteiger partial charge in [0.1, 0.15) is 5.82 Å². The van der Waals surface area contributed by atoms with Crippen molar-refractivity contribution in [2.45, 2.75) is 51.0 Å². The lowest BCUT2D eigenvalue weighted by Gasteiger charge is -2.25. The molecule has 4 nitrogen and oxygen atoms in total. The number of aryl methyl sites for hydroxylation is 1. The Kier molecular flexibility index (Phi) is 4.56. The van der Waals surface area contributed by atoms with Gasteiger partial charge in [-0.3, -0.25) is 11.3 Å². The Labute approximate surface area is 126 Å². The number of hydrogen-bond acceptors (Lipinski definition) is 3. The van der Waals surface area contributed by atoms with E-state index in [4.69, 9.17) is 10.8 Å². The number of nitrogens with zero attached hydrogens (tertiary/aromatic N) is 2. The molecule has 1 saturated carbocycles. The van der Waals surface area contributed by atoms with Crippen LogP contribution >= 0.6 is 0 Å². The zero-order chi connectivity index (χ0) is 14.7. The number of hydrazine groups is 1. The molecule has 1 aromatic heterocycles. The number of hydrogen-bond donors (Lipinski definition) is 2. The van der Waals surface area contributed by atoms with E-state index in [2.05, 4.69) is 35.2 Å². The first-order chi connectivity index (χ1) is 10.3. The third kappa shape index (κ3) is 3.11. The highest BCUT2D eigenvalue weighted by Gasteiger charge is 2.23. The van der Waals surface area contributed by atoms with Crippen molar-refractivity contribution in [1.29, 1.82) is 0 Å². The van der Waals surface area contributed by atoms with Crippen LogP contribution in [-0.4, -0.2) is 15.6 Å². The Balaban J connectivity index is 1.80. The van der Waals surface area contributed by atoms with Crippen LogP contribution in [0.1, 0.15) is 44.3 Å². The Hall–Kier alpha value is -1.39. The molecule has 1 fully saturated rings. The second-order valence-corrected chi connectivity index (χ2v) is 6.30. The average Bonchev–Trinajstić information content (AvgIpc) is 2.71. The Morgan fingerprint density at radius 2 is 1.95 bits per heavy atom.